The summed E-state index contributed by atoms with van der Waals surface area (Å²) in [4.78, 5) is 19.4. The SMILES string of the molecule is CCCCCCCCCCCCCCCCCC(=O)OC(C)N1CCN=C1CCCCCCCCCCCCCC. The number of amidine groups is 1. The molecule has 0 N–H and O–H groups in total. The van der Waals surface area contributed by atoms with Crippen LogP contribution in [0.3, 0.4) is 0 Å². The molecule has 0 spiro atoms. The molecule has 0 radical (unpaired) electrons. The van der Waals surface area contributed by atoms with E-state index in [-0.39, 0.29) is 12.2 Å². The summed E-state index contributed by atoms with van der Waals surface area (Å²) >= 11 is 0. The molecular weight excluding hydrogens is 504 g/mol. The van der Waals surface area contributed by atoms with E-state index in [1.165, 1.54) is 161 Å². The van der Waals surface area contributed by atoms with Crippen LogP contribution in [0, 0.1) is 0 Å². The predicted octanol–water partition coefficient (Wildman–Crippen LogP) is 11.9. The first-order valence-electron chi connectivity index (χ1n) is 18.7. The molecule has 0 saturated heterocycles. The van der Waals surface area contributed by atoms with Gasteiger partial charge in [0.15, 0.2) is 6.23 Å². The molecule has 0 aromatic heterocycles. The highest BCUT2D eigenvalue weighted by molar-refractivity contribution is 5.84. The van der Waals surface area contributed by atoms with Crippen LogP contribution >= 0.6 is 0 Å². The number of carbonyl (C=O) groups excluding carboxylic acids is 1. The Morgan fingerprint density at radius 1 is 0.610 bits per heavy atom. The highest BCUT2D eigenvalue weighted by Crippen LogP contribution is 2.18. The maximum Gasteiger partial charge on any atom is 0.307 e. The van der Waals surface area contributed by atoms with Crippen molar-refractivity contribution >= 4 is 11.8 Å². The van der Waals surface area contributed by atoms with E-state index in [1.807, 2.05) is 6.92 Å². The quantitative estimate of drug-likeness (QED) is 0.0609. The van der Waals surface area contributed by atoms with Gasteiger partial charge in [-0.05, 0) is 19.8 Å². The van der Waals surface area contributed by atoms with Crippen molar-refractivity contribution in [3.8, 4) is 0 Å². The smallest absolute Gasteiger partial charge is 0.307 e. The van der Waals surface area contributed by atoms with Gasteiger partial charge in [-0.2, -0.15) is 0 Å². The Bertz CT molecular complexity index is 606. The van der Waals surface area contributed by atoms with Crippen molar-refractivity contribution in [1.29, 1.82) is 0 Å². The minimum absolute atomic E-state index is 0.0381. The molecule has 0 aliphatic carbocycles. The van der Waals surface area contributed by atoms with Crippen LogP contribution in [-0.4, -0.2) is 36.0 Å². The van der Waals surface area contributed by atoms with E-state index in [0.717, 1.165) is 38.2 Å². The highest BCUT2D eigenvalue weighted by Gasteiger charge is 2.24. The summed E-state index contributed by atoms with van der Waals surface area (Å²) in [5.74, 6) is 1.12. The Balaban J connectivity index is 1.94. The fraction of sp³-hybridized carbons (Fsp3) is 0.946. The Kier molecular flexibility index (Phi) is 26.9. The Morgan fingerprint density at radius 3 is 1.39 bits per heavy atom. The molecule has 0 aromatic rings. The molecule has 1 unspecified atom stereocenters. The minimum atomic E-state index is -0.183. The third-order valence-electron chi connectivity index (χ3n) is 8.95. The molecule has 0 saturated carbocycles. The van der Waals surface area contributed by atoms with Crippen molar-refractivity contribution in [2.45, 2.75) is 213 Å². The maximum absolute atomic E-state index is 12.4. The van der Waals surface area contributed by atoms with E-state index in [1.54, 1.807) is 0 Å². The van der Waals surface area contributed by atoms with Crippen molar-refractivity contribution in [1.82, 2.24) is 4.90 Å². The Hall–Kier alpha value is -1.06. The molecule has 4 heteroatoms. The molecule has 242 valence electrons. The summed E-state index contributed by atoms with van der Waals surface area (Å²) in [6.07, 6.45) is 38.0. The van der Waals surface area contributed by atoms with Gasteiger partial charge >= 0.3 is 5.97 Å². The van der Waals surface area contributed by atoms with Crippen LogP contribution in [0.25, 0.3) is 0 Å². The van der Waals surface area contributed by atoms with Gasteiger partial charge < -0.3 is 9.64 Å². The molecule has 4 nitrogen and oxygen atoms in total. The Labute approximate surface area is 257 Å². The van der Waals surface area contributed by atoms with Crippen LogP contribution in [0.15, 0.2) is 4.99 Å². The molecule has 0 amide bonds. The lowest BCUT2D eigenvalue weighted by Gasteiger charge is -2.27. The first-order chi connectivity index (χ1) is 20.2. The monoisotopic (exact) mass is 577 g/mol. The van der Waals surface area contributed by atoms with Gasteiger partial charge in [0, 0.05) is 19.4 Å². The molecule has 1 aliphatic rings. The minimum Gasteiger partial charge on any atom is -0.442 e. The van der Waals surface area contributed by atoms with Gasteiger partial charge in [-0.15, -0.1) is 0 Å². The van der Waals surface area contributed by atoms with Crippen molar-refractivity contribution < 1.29 is 9.53 Å². The van der Waals surface area contributed by atoms with E-state index >= 15 is 0 Å². The van der Waals surface area contributed by atoms with Crippen LogP contribution in [-0.2, 0) is 9.53 Å². The van der Waals surface area contributed by atoms with Gasteiger partial charge in [0.05, 0.1) is 6.54 Å². The van der Waals surface area contributed by atoms with E-state index < -0.39 is 0 Å². The zero-order valence-electron chi connectivity index (χ0n) is 28.2. The molecule has 0 fully saturated rings. The van der Waals surface area contributed by atoms with Gasteiger partial charge in [-0.1, -0.05) is 174 Å². The zero-order valence-corrected chi connectivity index (χ0v) is 28.2. The third kappa shape index (κ3) is 23.1. The number of nitrogens with zero attached hydrogens (tertiary/aromatic N) is 2. The fourth-order valence-electron chi connectivity index (χ4n) is 6.20. The summed E-state index contributed by atoms with van der Waals surface area (Å²) in [5.41, 5.74) is 0. The first-order valence-corrected chi connectivity index (χ1v) is 18.7. The molecule has 41 heavy (non-hydrogen) atoms. The van der Waals surface area contributed by atoms with Crippen molar-refractivity contribution in [2.24, 2.45) is 4.99 Å². The average Bonchev–Trinajstić information content (AvgIpc) is 3.44. The number of aliphatic imine (C=N–C) groups is 1. The molecule has 1 heterocycles. The van der Waals surface area contributed by atoms with E-state index in [9.17, 15) is 4.79 Å². The second-order valence-electron chi connectivity index (χ2n) is 12.9. The second-order valence-corrected chi connectivity index (χ2v) is 12.9. The summed E-state index contributed by atoms with van der Waals surface area (Å²) in [7, 11) is 0. The van der Waals surface area contributed by atoms with E-state index in [4.69, 9.17) is 9.73 Å². The summed E-state index contributed by atoms with van der Waals surface area (Å²) < 4.78 is 5.80. The number of carbonyl (C=O) groups is 1. The van der Waals surface area contributed by atoms with Gasteiger partial charge in [-0.25, -0.2) is 0 Å². The lowest BCUT2D eigenvalue weighted by atomic mass is 10.0. The van der Waals surface area contributed by atoms with Crippen molar-refractivity contribution in [3.63, 3.8) is 0 Å². The molecule has 0 aromatic carbocycles. The summed E-state index contributed by atoms with van der Waals surface area (Å²) in [5, 5.41) is 0. The lowest BCUT2D eigenvalue weighted by Crippen LogP contribution is -2.39. The van der Waals surface area contributed by atoms with E-state index in [0.29, 0.717) is 6.42 Å². The van der Waals surface area contributed by atoms with Crippen LogP contribution in [0.4, 0.5) is 0 Å². The molecule has 0 bridgehead atoms. The average molecular weight is 577 g/mol. The molecule has 1 rings (SSSR count). The van der Waals surface area contributed by atoms with Crippen LogP contribution in [0.5, 0.6) is 0 Å². The Morgan fingerprint density at radius 2 is 0.976 bits per heavy atom. The predicted molar refractivity (Wildman–Crippen MR) is 180 cm³/mol. The zero-order chi connectivity index (χ0) is 29.6. The standard InChI is InChI=1S/C37H72N2O2/c1-4-6-8-10-12-14-16-18-19-20-22-24-26-28-30-32-37(40)41-35(3)39-34-33-38-36(39)31-29-27-25-23-21-17-15-13-11-9-7-5-2/h35H,4-34H2,1-3H3. The number of hydrogen-bond acceptors (Lipinski definition) is 4. The number of hydrogen-bond donors (Lipinski definition) is 0. The van der Waals surface area contributed by atoms with Gasteiger partial charge in [0.1, 0.15) is 5.84 Å². The normalized spacial score (nSPS) is 14.0. The molecule has 1 atom stereocenters. The third-order valence-corrected chi connectivity index (χ3v) is 8.95. The second kappa shape index (κ2) is 29.0. The topological polar surface area (TPSA) is 41.9 Å². The van der Waals surface area contributed by atoms with Crippen molar-refractivity contribution in [3.05, 3.63) is 0 Å². The van der Waals surface area contributed by atoms with E-state index in [2.05, 4.69) is 18.7 Å². The molecule has 1 aliphatic heterocycles. The van der Waals surface area contributed by atoms with Crippen molar-refractivity contribution in [2.75, 3.05) is 13.1 Å². The van der Waals surface area contributed by atoms with Gasteiger partial charge in [-0.3, -0.25) is 9.79 Å². The summed E-state index contributed by atoms with van der Waals surface area (Å²) in [6.45, 7) is 8.33. The number of ether oxygens (including phenoxy) is 1. The van der Waals surface area contributed by atoms with Gasteiger partial charge in [0.25, 0.3) is 0 Å². The van der Waals surface area contributed by atoms with Gasteiger partial charge in [0.2, 0.25) is 0 Å². The van der Waals surface area contributed by atoms with Crippen LogP contribution in [0.1, 0.15) is 207 Å². The molecular formula is C37H72N2O2. The van der Waals surface area contributed by atoms with Crippen LogP contribution < -0.4 is 0 Å². The number of rotatable bonds is 31. The lowest BCUT2D eigenvalue weighted by molar-refractivity contribution is -0.154. The largest absolute Gasteiger partial charge is 0.442 e. The highest BCUT2D eigenvalue weighted by atomic mass is 16.6. The fourth-order valence-corrected chi connectivity index (χ4v) is 6.20. The summed E-state index contributed by atoms with van der Waals surface area (Å²) in [6, 6.07) is 0. The number of unbranched alkanes of at least 4 members (excludes halogenated alkanes) is 25. The first kappa shape index (κ1) is 38.0. The number of esters is 1. The van der Waals surface area contributed by atoms with Crippen LogP contribution in [0.2, 0.25) is 0 Å². The maximum atomic E-state index is 12.4.